The van der Waals surface area contributed by atoms with Crippen LogP contribution in [0.1, 0.15) is 46.0 Å². The molecule has 0 atom stereocenters. The Kier molecular flexibility index (Phi) is 10.3. The van der Waals surface area contributed by atoms with Gasteiger partial charge in [0.2, 0.25) is 0 Å². The summed E-state index contributed by atoms with van der Waals surface area (Å²) < 4.78 is 4.76. The number of rotatable bonds is 8. The maximum absolute atomic E-state index is 10.9. The van der Waals surface area contributed by atoms with Gasteiger partial charge in [-0.15, -0.1) is 0 Å². The normalized spacial score (nSPS) is 11.3. The zero-order chi connectivity index (χ0) is 11.4. The Bertz CT molecular complexity index is 205. The monoisotopic (exact) mass is 210 g/mol. The van der Waals surface area contributed by atoms with Gasteiger partial charge < -0.3 is 4.74 Å². The van der Waals surface area contributed by atoms with Crippen molar-refractivity contribution >= 4 is 5.97 Å². The van der Waals surface area contributed by atoms with Gasteiger partial charge in [-0.3, -0.25) is 0 Å². The Hall–Kier alpha value is -1.05. The van der Waals surface area contributed by atoms with E-state index in [0.717, 1.165) is 25.7 Å². The highest BCUT2D eigenvalue weighted by molar-refractivity contribution is 5.81. The Morgan fingerprint density at radius 1 is 1.07 bits per heavy atom. The van der Waals surface area contributed by atoms with Crippen LogP contribution >= 0.6 is 0 Å². The molecular weight excluding hydrogens is 188 g/mol. The second-order valence-corrected chi connectivity index (χ2v) is 3.32. The first kappa shape index (κ1) is 13.9. The topological polar surface area (TPSA) is 26.3 Å². The van der Waals surface area contributed by atoms with E-state index in [9.17, 15) is 4.79 Å². The molecule has 86 valence electrons. The van der Waals surface area contributed by atoms with Crippen LogP contribution < -0.4 is 0 Å². The van der Waals surface area contributed by atoms with E-state index >= 15 is 0 Å². The maximum Gasteiger partial charge on any atom is 0.330 e. The van der Waals surface area contributed by atoms with Crippen LogP contribution in [0.4, 0.5) is 0 Å². The molecule has 0 radical (unpaired) electrons. The molecule has 0 aliphatic heterocycles. The molecule has 0 unspecified atom stereocenters. The fraction of sp³-hybridized carbons (Fsp3) is 0.615. The molecule has 0 rings (SSSR count). The number of esters is 1. The van der Waals surface area contributed by atoms with Crippen molar-refractivity contribution in [3.63, 3.8) is 0 Å². The zero-order valence-corrected chi connectivity index (χ0v) is 9.87. The summed E-state index contributed by atoms with van der Waals surface area (Å²) in [6, 6.07) is 0. The first-order valence-electron chi connectivity index (χ1n) is 5.79. The van der Waals surface area contributed by atoms with Gasteiger partial charge in [0.15, 0.2) is 0 Å². The Balaban J connectivity index is 3.30. The second kappa shape index (κ2) is 11.0. The van der Waals surface area contributed by atoms with Crippen molar-refractivity contribution < 1.29 is 9.53 Å². The number of ether oxygens (including phenoxy) is 1. The van der Waals surface area contributed by atoms with Gasteiger partial charge in [-0.2, -0.15) is 0 Å². The number of allylic oxidation sites excluding steroid dienone is 3. The molecule has 0 saturated heterocycles. The fourth-order valence-corrected chi connectivity index (χ4v) is 1.18. The molecule has 0 bridgehead atoms. The van der Waals surface area contributed by atoms with Crippen molar-refractivity contribution in [3.8, 4) is 0 Å². The molecule has 0 aromatic rings. The highest BCUT2D eigenvalue weighted by atomic mass is 16.5. The van der Waals surface area contributed by atoms with Crippen LogP contribution in [0.3, 0.4) is 0 Å². The van der Waals surface area contributed by atoms with Crippen molar-refractivity contribution in [2.75, 3.05) is 6.61 Å². The minimum atomic E-state index is -0.233. The summed E-state index contributed by atoms with van der Waals surface area (Å²) in [5, 5.41) is 0. The summed E-state index contributed by atoms with van der Waals surface area (Å²) in [7, 11) is 0. The van der Waals surface area contributed by atoms with E-state index in [1.165, 1.54) is 12.5 Å². The van der Waals surface area contributed by atoms with Gasteiger partial charge in [0.25, 0.3) is 0 Å². The lowest BCUT2D eigenvalue weighted by atomic mass is 10.2. The summed E-state index contributed by atoms with van der Waals surface area (Å²) in [6.45, 7) is 4.40. The first-order chi connectivity index (χ1) is 7.31. The van der Waals surface area contributed by atoms with Crippen molar-refractivity contribution in [1.82, 2.24) is 0 Å². The standard InChI is InChI=1S/C13H22O2/c1-3-5-6-7-8-9-10-11-12-13(14)15-4-2/h5-6,11-12H,3-4,7-10H2,1-2H3/b6-5+,12-11+. The third kappa shape index (κ3) is 10.9. The summed E-state index contributed by atoms with van der Waals surface area (Å²) >= 11 is 0. The highest BCUT2D eigenvalue weighted by Crippen LogP contribution is 2.02. The van der Waals surface area contributed by atoms with Crippen molar-refractivity contribution in [1.29, 1.82) is 0 Å². The summed E-state index contributed by atoms with van der Waals surface area (Å²) in [4.78, 5) is 10.9. The van der Waals surface area contributed by atoms with Gasteiger partial charge in [-0.25, -0.2) is 4.79 Å². The number of hydrogen-bond donors (Lipinski definition) is 0. The molecule has 15 heavy (non-hydrogen) atoms. The number of carbonyl (C=O) groups is 1. The summed E-state index contributed by atoms with van der Waals surface area (Å²) in [5.41, 5.74) is 0. The second-order valence-electron chi connectivity index (χ2n) is 3.32. The van der Waals surface area contributed by atoms with Crippen molar-refractivity contribution in [3.05, 3.63) is 24.3 Å². The van der Waals surface area contributed by atoms with Crippen LogP contribution in [-0.4, -0.2) is 12.6 Å². The predicted molar refractivity (Wildman–Crippen MR) is 63.7 cm³/mol. The number of hydrogen-bond acceptors (Lipinski definition) is 2. The lowest BCUT2D eigenvalue weighted by molar-refractivity contribution is -0.137. The van der Waals surface area contributed by atoms with Gasteiger partial charge in [0.1, 0.15) is 0 Å². The Morgan fingerprint density at radius 3 is 2.33 bits per heavy atom. The summed E-state index contributed by atoms with van der Waals surface area (Å²) in [5.74, 6) is -0.233. The molecule has 0 aliphatic carbocycles. The molecule has 0 aliphatic rings. The molecule has 0 fully saturated rings. The van der Waals surface area contributed by atoms with Gasteiger partial charge in [-0.05, 0) is 39.0 Å². The molecule has 0 aromatic heterocycles. The van der Waals surface area contributed by atoms with Crippen LogP contribution in [0, 0.1) is 0 Å². The fourth-order valence-electron chi connectivity index (χ4n) is 1.18. The SMILES string of the molecule is CC/C=C/CCCC/C=C/C(=O)OCC. The van der Waals surface area contributed by atoms with Crippen molar-refractivity contribution in [2.45, 2.75) is 46.0 Å². The van der Waals surface area contributed by atoms with Crippen LogP contribution in [0.15, 0.2) is 24.3 Å². The van der Waals surface area contributed by atoms with E-state index in [-0.39, 0.29) is 5.97 Å². The third-order valence-electron chi connectivity index (χ3n) is 1.93. The molecule has 0 saturated carbocycles. The molecule has 0 aromatic carbocycles. The minimum absolute atomic E-state index is 0.233. The molecule has 0 N–H and O–H groups in total. The lowest BCUT2D eigenvalue weighted by Gasteiger charge is -1.95. The molecule has 0 amide bonds. The Labute approximate surface area is 93.0 Å². The zero-order valence-electron chi connectivity index (χ0n) is 9.87. The lowest BCUT2D eigenvalue weighted by Crippen LogP contribution is -1.98. The summed E-state index contributed by atoms with van der Waals surface area (Å²) in [6.07, 6.45) is 13.3. The van der Waals surface area contributed by atoms with E-state index in [2.05, 4.69) is 19.1 Å². The van der Waals surface area contributed by atoms with Gasteiger partial charge in [0.05, 0.1) is 6.61 Å². The quantitative estimate of drug-likeness (QED) is 0.265. The van der Waals surface area contributed by atoms with E-state index < -0.39 is 0 Å². The average Bonchev–Trinajstić information content (AvgIpc) is 2.22. The van der Waals surface area contributed by atoms with E-state index in [1.54, 1.807) is 0 Å². The maximum atomic E-state index is 10.9. The molecule has 2 heteroatoms. The predicted octanol–water partition coefficient (Wildman–Crippen LogP) is 3.63. The number of unbranched alkanes of at least 4 members (excludes halogenated alkanes) is 3. The van der Waals surface area contributed by atoms with Gasteiger partial charge in [-0.1, -0.05) is 25.2 Å². The van der Waals surface area contributed by atoms with E-state index in [0.29, 0.717) is 6.61 Å². The molecule has 0 heterocycles. The molecule has 0 spiro atoms. The highest BCUT2D eigenvalue weighted by Gasteiger charge is 1.91. The number of carbonyl (C=O) groups excluding carboxylic acids is 1. The molecule has 2 nitrogen and oxygen atoms in total. The largest absolute Gasteiger partial charge is 0.463 e. The van der Waals surface area contributed by atoms with Gasteiger partial charge in [0, 0.05) is 6.08 Å². The van der Waals surface area contributed by atoms with Crippen LogP contribution in [0.2, 0.25) is 0 Å². The minimum Gasteiger partial charge on any atom is -0.463 e. The van der Waals surface area contributed by atoms with E-state index in [4.69, 9.17) is 4.74 Å². The average molecular weight is 210 g/mol. The molecular formula is C13H22O2. The first-order valence-corrected chi connectivity index (χ1v) is 5.79. The van der Waals surface area contributed by atoms with Crippen LogP contribution in [-0.2, 0) is 9.53 Å². The van der Waals surface area contributed by atoms with Crippen LogP contribution in [0.5, 0.6) is 0 Å². The van der Waals surface area contributed by atoms with Crippen LogP contribution in [0.25, 0.3) is 0 Å². The Morgan fingerprint density at radius 2 is 1.73 bits per heavy atom. The van der Waals surface area contributed by atoms with Gasteiger partial charge >= 0.3 is 5.97 Å². The van der Waals surface area contributed by atoms with E-state index in [1.807, 2.05) is 13.0 Å². The van der Waals surface area contributed by atoms with Crippen molar-refractivity contribution in [2.24, 2.45) is 0 Å². The third-order valence-corrected chi connectivity index (χ3v) is 1.93. The smallest absolute Gasteiger partial charge is 0.330 e.